The Bertz CT molecular complexity index is 11.6. The van der Waals surface area contributed by atoms with Crippen molar-refractivity contribution in [2.24, 2.45) is 0 Å². The molecule has 0 heterocycles. The van der Waals surface area contributed by atoms with Gasteiger partial charge < -0.3 is 6.90 Å². The predicted molar refractivity (Wildman–Crippen MR) is 4.73 cm³/mol. The molecule has 0 aliphatic rings. The molecule has 0 aromatic heterocycles. The third-order valence-corrected chi connectivity index (χ3v) is 0. The maximum atomic E-state index is 0. The molecule has 0 aliphatic carbocycles. The van der Waals surface area contributed by atoms with E-state index in [0.29, 0.717) is 0 Å². The minimum Gasteiger partial charge on any atom is -1.00 e. The Labute approximate surface area is 79.6 Å². The van der Waals surface area contributed by atoms with Crippen molar-refractivity contribution in [3.8, 4) is 0 Å². The van der Waals surface area contributed by atoms with Crippen LogP contribution in [-0.2, 0) is 19.5 Å². The van der Waals surface area contributed by atoms with Crippen molar-refractivity contribution in [1.82, 2.24) is 0 Å². The van der Waals surface area contributed by atoms with Crippen molar-refractivity contribution < 1.29 is 80.8 Å². The summed E-state index contributed by atoms with van der Waals surface area (Å²) in [7, 11) is 0. The van der Waals surface area contributed by atoms with E-state index in [4.69, 9.17) is 0 Å². The van der Waals surface area contributed by atoms with Crippen LogP contribution >= 0.6 is 0 Å². The number of rotatable bonds is 0. The average Bonchev–Trinajstić information content (AvgIpc) is 0. The zero-order chi connectivity index (χ0) is 0. The van der Waals surface area contributed by atoms with Crippen LogP contribution in [0.5, 0.6) is 0 Å². The summed E-state index contributed by atoms with van der Waals surface area (Å²) in [6, 6.07) is 0. The first-order valence-electron chi connectivity index (χ1n) is 0. The molecule has 1 radical (unpaired) electrons. The summed E-state index contributed by atoms with van der Waals surface area (Å²) in [5, 5.41) is 0. The minimum absolute atomic E-state index is 0. The van der Waals surface area contributed by atoms with Crippen molar-refractivity contribution in [2.45, 2.75) is 0 Å². The summed E-state index contributed by atoms with van der Waals surface area (Å²) in [5.41, 5.74) is 0. The van der Waals surface area contributed by atoms with Crippen LogP contribution in [0.15, 0.2) is 0 Å². The van der Waals surface area contributed by atoms with Gasteiger partial charge in [-0.25, -0.2) is 0 Å². The van der Waals surface area contributed by atoms with E-state index in [1.54, 1.807) is 0 Å². The molecule has 0 aromatic rings. The number of hydrogen-bond donors (Lipinski definition) is 0. The van der Waals surface area contributed by atoms with Crippen LogP contribution < -0.4 is 18.9 Å². The third kappa shape index (κ3) is 8.83. The Morgan fingerprint density at radius 3 is 1.25 bits per heavy atom. The second-order valence-corrected chi connectivity index (χ2v) is 0. The first kappa shape index (κ1) is 32.6. The van der Waals surface area contributed by atoms with Crippen LogP contribution in [-0.4, -0.2) is 5.48 Å². The van der Waals surface area contributed by atoms with Gasteiger partial charge in [0.1, 0.15) is 0 Å². The molecule has 0 aliphatic heterocycles. The molecule has 15 valence electrons. The van der Waals surface area contributed by atoms with E-state index in [1.165, 1.54) is 0 Å². The molecular formula is H3LaLiOZn. The van der Waals surface area contributed by atoms with Gasteiger partial charge in [0, 0.05) is 55.1 Å². The monoisotopic (exact) mass is 229 g/mol. The SMILES string of the molecule is O.[H-].[La].[Li+].[Zn]. The Morgan fingerprint density at radius 1 is 1.25 bits per heavy atom. The van der Waals surface area contributed by atoms with Crippen molar-refractivity contribution in [1.29, 1.82) is 0 Å². The molecule has 0 rings (SSSR count). The van der Waals surface area contributed by atoms with Gasteiger partial charge in [-0.2, -0.15) is 0 Å². The average molecular weight is 230 g/mol. The van der Waals surface area contributed by atoms with Crippen LogP contribution in [0.25, 0.3) is 0 Å². The molecule has 0 amide bonds. The normalized spacial score (nSPS) is 0. The molecule has 0 aromatic carbocycles. The molecule has 0 spiro atoms. The number of hydrogen-bond acceptors (Lipinski definition) is 0. The Morgan fingerprint density at radius 2 is 1.25 bits per heavy atom. The quantitative estimate of drug-likeness (QED) is 0.384. The van der Waals surface area contributed by atoms with Gasteiger partial charge in [0.2, 0.25) is 0 Å². The maximum absolute atomic E-state index is 0. The Kier molecular flexibility index (Phi) is 149. The maximum Gasteiger partial charge on any atom is 1.00 e. The molecular weight excluding hydrogens is 227 g/mol. The third-order valence-electron chi connectivity index (χ3n) is 0. The van der Waals surface area contributed by atoms with E-state index in [-0.39, 0.29) is 80.8 Å². The van der Waals surface area contributed by atoms with Gasteiger partial charge in [-0.05, 0) is 0 Å². The van der Waals surface area contributed by atoms with Crippen molar-refractivity contribution >= 4 is 0 Å². The van der Waals surface area contributed by atoms with Crippen LogP contribution in [0.4, 0.5) is 0 Å². The molecule has 0 unspecified atom stereocenters. The van der Waals surface area contributed by atoms with Crippen LogP contribution in [0, 0.1) is 35.6 Å². The van der Waals surface area contributed by atoms with E-state index in [2.05, 4.69) is 0 Å². The fraction of sp³-hybridized carbons (Fsp3) is 0. The van der Waals surface area contributed by atoms with Gasteiger partial charge in [-0.1, -0.05) is 0 Å². The summed E-state index contributed by atoms with van der Waals surface area (Å²) in [4.78, 5) is 0. The zero-order valence-electron chi connectivity index (χ0n) is 3.78. The molecule has 1 nitrogen and oxygen atoms in total. The Hall–Kier alpha value is 2.38. The standard InChI is InChI=1S/La.Li.H2O.Zn.H/h;;1H2;;/q;+1;;;-1. The summed E-state index contributed by atoms with van der Waals surface area (Å²) >= 11 is 0. The van der Waals surface area contributed by atoms with Gasteiger partial charge in [-0.3, -0.25) is 0 Å². The summed E-state index contributed by atoms with van der Waals surface area (Å²) < 4.78 is 0. The first-order valence-corrected chi connectivity index (χ1v) is 0. The molecule has 0 atom stereocenters. The first-order chi connectivity index (χ1) is 0. The van der Waals surface area contributed by atoms with Crippen molar-refractivity contribution in [2.75, 3.05) is 0 Å². The summed E-state index contributed by atoms with van der Waals surface area (Å²) in [5.74, 6) is 0. The molecule has 4 heavy (non-hydrogen) atoms. The van der Waals surface area contributed by atoms with E-state index in [0.717, 1.165) is 0 Å². The van der Waals surface area contributed by atoms with Gasteiger partial charge in [0.25, 0.3) is 0 Å². The summed E-state index contributed by atoms with van der Waals surface area (Å²) in [6.45, 7) is 0. The molecule has 0 saturated carbocycles. The van der Waals surface area contributed by atoms with Crippen LogP contribution in [0.1, 0.15) is 1.43 Å². The van der Waals surface area contributed by atoms with E-state index in [9.17, 15) is 0 Å². The molecule has 4 heteroatoms. The van der Waals surface area contributed by atoms with Gasteiger partial charge in [-0.15, -0.1) is 0 Å². The fourth-order valence-electron chi connectivity index (χ4n) is 0. The summed E-state index contributed by atoms with van der Waals surface area (Å²) in [6.07, 6.45) is 0. The fourth-order valence-corrected chi connectivity index (χ4v) is 0. The molecule has 0 saturated heterocycles. The molecule has 0 fully saturated rings. The minimum atomic E-state index is 0. The van der Waals surface area contributed by atoms with E-state index in [1.807, 2.05) is 0 Å². The largest absolute Gasteiger partial charge is 1.00 e. The second-order valence-electron chi connectivity index (χ2n) is 0. The smallest absolute Gasteiger partial charge is 1.00 e. The van der Waals surface area contributed by atoms with Crippen molar-refractivity contribution in [3.05, 3.63) is 0 Å². The second kappa shape index (κ2) is 18.2. The van der Waals surface area contributed by atoms with E-state index < -0.39 is 0 Å². The van der Waals surface area contributed by atoms with Gasteiger partial charge in [0.15, 0.2) is 0 Å². The molecule has 0 bridgehead atoms. The zero-order valence-corrected chi connectivity index (χ0v) is 9.38. The van der Waals surface area contributed by atoms with E-state index >= 15 is 0 Å². The van der Waals surface area contributed by atoms with Crippen molar-refractivity contribution in [3.63, 3.8) is 0 Å². The Balaban J connectivity index is 0. The predicted octanol–water partition coefficient (Wildman–Crippen LogP) is -3.71. The van der Waals surface area contributed by atoms with Gasteiger partial charge in [0.05, 0.1) is 0 Å². The van der Waals surface area contributed by atoms with Crippen LogP contribution in [0.3, 0.4) is 0 Å². The topological polar surface area (TPSA) is 31.5 Å². The van der Waals surface area contributed by atoms with Gasteiger partial charge >= 0.3 is 18.9 Å². The van der Waals surface area contributed by atoms with Crippen LogP contribution in [0.2, 0.25) is 0 Å². The molecule has 2 N–H and O–H groups in total.